The molecule has 0 unspecified atom stereocenters. The molecule has 0 spiro atoms. The Kier molecular flexibility index (Phi) is 3.28. The molecule has 0 aliphatic heterocycles. The van der Waals surface area contributed by atoms with Gasteiger partial charge in [0, 0.05) is 6.07 Å². The van der Waals surface area contributed by atoms with E-state index in [4.69, 9.17) is 11.6 Å². The van der Waals surface area contributed by atoms with Crippen LogP contribution >= 0.6 is 11.6 Å². The van der Waals surface area contributed by atoms with Crippen LogP contribution in [0.4, 0.5) is 19.0 Å². The van der Waals surface area contributed by atoms with Gasteiger partial charge in [-0.05, 0) is 11.6 Å². The maximum Gasteiger partial charge on any atom is 0.433 e. The molecule has 0 aromatic carbocycles. The molecule has 11 heteroatoms. The smallest absolute Gasteiger partial charge is 0.362 e. The fourth-order valence-electron chi connectivity index (χ4n) is 1.08. The highest BCUT2D eigenvalue weighted by Crippen LogP contribution is 2.29. The summed E-state index contributed by atoms with van der Waals surface area (Å²) in [6, 6.07) is 0.742. The number of tetrazole rings is 1. The summed E-state index contributed by atoms with van der Waals surface area (Å²) >= 11 is 5.40. The summed E-state index contributed by atoms with van der Waals surface area (Å²) in [5.74, 6) is 0.199. The summed E-state index contributed by atoms with van der Waals surface area (Å²) < 4.78 is 37.3. The van der Waals surface area contributed by atoms with E-state index in [0.717, 1.165) is 6.07 Å². The van der Waals surface area contributed by atoms with Crippen LogP contribution in [0.5, 0.6) is 0 Å². The number of aromatic amines is 1. The minimum atomic E-state index is -4.59. The van der Waals surface area contributed by atoms with Crippen LogP contribution < -0.4 is 5.32 Å². The molecule has 96 valence electrons. The number of aromatic nitrogens is 6. The minimum Gasteiger partial charge on any atom is -0.362 e. The normalized spacial score (nSPS) is 11.6. The average Bonchev–Trinajstić information content (AvgIpc) is 2.77. The molecular formula is C7H5ClF3N7. The first-order valence-corrected chi connectivity index (χ1v) is 4.91. The van der Waals surface area contributed by atoms with Gasteiger partial charge in [0.25, 0.3) is 0 Å². The lowest BCUT2D eigenvalue weighted by molar-refractivity contribution is -0.141. The molecule has 18 heavy (non-hydrogen) atoms. The third-order valence-corrected chi connectivity index (χ3v) is 1.98. The van der Waals surface area contributed by atoms with Gasteiger partial charge in [-0.2, -0.15) is 18.4 Å². The molecule has 0 amide bonds. The first-order chi connectivity index (χ1) is 8.45. The molecule has 2 aromatic rings. The van der Waals surface area contributed by atoms with Gasteiger partial charge in [-0.15, -0.1) is 10.2 Å². The van der Waals surface area contributed by atoms with Crippen molar-refractivity contribution in [1.82, 2.24) is 30.6 Å². The van der Waals surface area contributed by atoms with E-state index >= 15 is 0 Å². The number of alkyl halides is 3. The molecule has 0 aliphatic rings. The van der Waals surface area contributed by atoms with Crippen LogP contribution in [-0.4, -0.2) is 30.6 Å². The van der Waals surface area contributed by atoms with Gasteiger partial charge in [-0.3, -0.25) is 0 Å². The van der Waals surface area contributed by atoms with E-state index in [0.29, 0.717) is 0 Å². The van der Waals surface area contributed by atoms with Crippen LogP contribution in [0.25, 0.3) is 0 Å². The molecule has 0 atom stereocenters. The van der Waals surface area contributed by atoms with Crippen molar-refractivity contribution in [3.63, 3.8) is 0 Å². The van der Waals surface area contributed by atoms with E-state index in [1.165, 1.54) is 0 Å². The van der Waals surface area contributed by atoms with Crippen molar-refractivity contribution in [2.45, 2.75) is 12.7 Å². The lowest BCUT2D eigenvalue weighted by Crippen LogP contribution is -2.11. The first-order valence-electron chi connectivity index (χ1n) is 4.53. The Labute approximate surface area is 103 Å². The standard InChI is InChI=1S/C7H5ClF3N7/c8-6-13-3(7(9,10)11)1-4(14-6)12-2-5-15-17-18-16-5/h1H,2H2,(H,12,13,14)(H,15,16,17,18). The number of hydrogen-bond acceptors (Lipinski definition) is 6. The van der Waals surface area contributed by atoms with Crippen molar-refractivity contribution in [3.05, 3.63) is 22.9 Å². The topological polar surface area (TPSA) is 92.3 Å². The SMILES string of the molecule is FC(F)(F)c1cc(NCc2nn[nH]n2)nc(Cl)n1. The molecule has 0 radical (unpaired) electrons. The Morgan fingerprint density at radius 2 is 2.11 bits per heavy atom. The number of hydrogen-bond donors (Lipinski definition) is 2. The van der Waals surface area contributed by atoms with Gasteiger partial charge in [0.15, 0.2) is 11.5 Å². The van der Waals surface area contributed by atoms with Crippen LogP contribution in [0.2, 0.25) is 5.28 Å². The van der Waals surface area contributed by atoms with Gasteiger partial charge in [0.1, 0.15) is 5.82 Å². The van der Waals surface area contributed by atoms with Crippen LogP contribution in [0, 0.1) is 0 Å². The first kappa shape index (κ1) is 12.5. The van der Waals surface area contributed by atoms with E-state index in [1.807, 2.05) is 0 Å². The van der Waals surface area contributed by atoms with Crippen molar-refractivity contribution < 1.29 is 13.2 Å². The molecule has 0 aliphatic carbocycles. The second kappa shape index (κ2) is 4.72. The Morgan fingerprint density at radius 1 is 1.33 bits per heavy atom. The van der Waals surface area contributed by atoms with Crippen molar-refractivity contribution in [2.24, 2.45) is 0 Å². The fraction of sp³-hybridized carbons (Fsp3) is 0.286. The molecular weight excluding hydrogens is 275 g/mol. The summed E-state index contributed by atoms with van der Waals surface area (Å²) in [6.07, 6.45) is -4.59. The zero-order chi connectivity index (χ0) is 13.2. The number of nitrogens with zero attached hydrogens (tertiary/aromatic N) is 5. The summed E-state index contributed by atoms with van der Waals surface area (Å²) in [6.45, 7) is 0.0567. The monoisotopic (exact) mass is 279 g/mol. The van der Waals surface area contributed by atoms with Crippen LogP contribution in [0.15, 0.2) is 6.07 Å². The van der Waals surface area contributed by atoms with Gasteiger partial charge in [-0.25, -0.2) is 9.97 Å². The zero-order valence-corrected chi connectivity index (χ0v) is 9.29. The fourth-order valence-corrected chi connectivity index (χ4v) is 1.26. The molecule has 2 rings (SSSR count). The van der Waals surface area contributed by atoms with Gasteiger partial charge in [0.05, 0.1) is 6.54 Å². The number of anilines is 1. The second-order valence-electron chi connectivity index (χ2n) is 3.09. The molecule has 2 N–H and O–H groups in total. The Morgan fingerprint density at radius 3 is 2.72 bits per heavy atom. The van der Waals surface area contributed by atoms with Gasteiger partial charge < -0.3 is 5.32 Å². The summed E-state index contributed by atoms with van der Waals surface area (Å²) in [4.78, 5) is 6.69. The number of halogens is 4. The molecule has 0 fully saturated rings. The van der Waals surface area contributed by atoms with Crippen molar-refractivity contribution >= 4 is 17.4 Å². The van der Waals surface area contributed by atoms with Gasteiger partial charge in [-0.1, -0.05) is 5.21 Å². The zero-order valence-electron chi connectivity index (χ0n) is 8.53. The molecule has 0 bridgehead atoms. The number of H-pyrrole nitrogens is 1. The highest BCUT2D eigenvalue weighted by Gasteiger charge is 2.33. The maximum atomic E-state index is 12.4. The Balaban J connectivity index is 2.15. The van der Waals surface area contributed by atoms with Gasteiger partial charge in [0.2, 0.25) is 5.28 Å². The van der Waals surface area contributed by atoms with Gasteiger partial charge >= 0.3 is 6.18 Å². The minimum absolute atomic E-state index is 0.0567. The average molecular weight is 280 g/mol. The third kappa shape index (κ3) is 3.03. The van der Waals surface area contributed by atoms with Crippen LogP contribution in [-0.2, 0) is 12.7 Å². The predicted molar refractivity (Wildman–Crippen MR) is 53.5 cm³/mol. The summed E-state index contributed by atoms with van der Waals surface area (Å²) in [7, 11) is 0. The predicted octanol–water partition coefficient (Wildman–Crippen LogP) is 1.27. The maximum absolute atomic E-state index is 12.4. The second-order valence-corrected chi connectivity index (χ2v) is 3.42. The quantitative estimate of drug-likeness (QED) is 0.822. The van der Waals surface area contributed by atoms with Crippen LogP contribution in [0.3, 0.4) is 0 Å². The highest BCUT2D eigenvalue weighted by atomic mass is 35.5. The largest absolute Gasteiger partial charge is 0.433 e. The summed E-state index contributed by atoms with van der Waals surface area (Å²) in [5.41, 5.74) is -1.13. The number of rotatable bonds is 3. The summed E-state index contributed by atoms with van der Waals surface area (Å²) in [5, 5.41) is 14.8. The van der Waals surface area contributed by atoms with E-state index < -0.39 is 17.2 Å². The van der Waals surface area contributed by atoms with E-state index in [2.05, 4.69) is 35.9 Å². The highest BCUT2D eigenvalue weighted by molar-refractivity contribution is 6.28. The van der Waals surface area contributed by atoms with Crippen molar-refractivity contribution in [2.75, 3.05) is 5.32 Å². The Hall–Kier alpha value is -1.97. The number of nitrogens with one attached hydrogen (secondary N) is 2. The van der Waals surface area contributed by atoms with Crippen molar-refractivity contribution in [1.29, 1.82) is 0 Å². The molecule has 2 heterocycles. The van der Waals surface area contributed by atoms with E-state index in [9.17, 15) is 13.2 Å². The molecule has 2 aromatic heterocycles. The Bertz CT molecular complexity index is 526. The lowest BCUT2D eigenvalue weighted by atomic mass is 10.4. The molecule has 7 nitrogen and oxygen atoms in total. The third-order valence-electron chi connectivity index (χ3n) is 1.81. The molecule has 0 saturated heterocycles. The van der Waals surface area contributed by atoms with E-state index in [-0.39, 0.29) is 18.2 Å². The lowest BCUT2D eigenvalue weighted by Gasteiger charge is -2.08. The van der Waals surface area contributed by atoms with Crippen LogP contribution in [0.1, 0.15) is 11.5 Å². The molecule has 0 saturated carbocycles. The van der Waals surface area contributed by atoms with E-state index in [1.54, 1.807) is 0 Å². The van der Waals surface area contributed by atoms with Crippen molar-refractivity contribution in [3.8, 4) is 0 Å².